The number of rotatable bonds is 6. The minimum absolute atomic E-state index is 0.00191. The molecule has 0 unspecified atom stereocenters. The number of hydrogen-bond donors (Lipinski definition) is 1. The van der Waals surface area contributed by atoms with Gasteiger partial charge in [-0.3, -0.25) is 4.72 Å². The Morgan fingerprint density at radius 1 is 0.900 bits per heavy atom. The summed E-state index contributed by atoms with van der Waals surface area (Å²) in [5, 5.41) is 11.4. The lowest BCUT2D eigenvalue weighted by atomic mass is 10.2. The molecule has 0 bridgehead atoms. The number of benzene rings is 3. The number of nitrogens with one attached hydrogen (secondary N) is 1. The quantitative estimate of drug-likeness (QED) is 0.598. The molecule has 0 spiro atoms. The third-order valence-corrected chi connectivity index (χ3v) is 7.78. The lowest BCUT2D eigenvalue weighted by Crippen LogP contribution is -2.22. The monoisotopic (exact) mass is 464 g/mol. The van der Waals surface area contributed by atoms with E-state index >= 15 is 0 Å². The summed E-state index contributed by atoms with van der Waals surface area (Å²) >= 11 is 5.80. The van der Waals surface area contributed by atoms with Gasteiger partial charge >= 0.3 is 0 Å². The van der Waals surface area contributed by atoms with Gasteiger partial charge in [0.05, 0.1) is 20.7 Å². The minimum Gasteiger partial charge on any atom is -0.545 e. The van der Waals surface area contributed by atoms with Gasteiger partial charge in [-0.25, -0.2) is 16.8 Å². The van der Waals surface area contributed by atoms with Crippen LogP contribution in [0.15, 0.2) is 81.4 Å². The van der Waals surface area contributed by atoms with Crippen LogP contribution in [0.25, 0.3) is 0 Å². The molecule has 3 aromatic rings. The van der Waals surface area contributed by atoms with Gasteiger partial charge in [-0.15, -0.1) is 0 Å². The van der Waals surface area contributed by atoms with E-state index in [1.165, 1.54) is 61.5 Å². The van der Waals surface area contributed by atoms with Gasteiger partial charge < -0.3 is 9.90 Å². The van der Waals surface area contributed by atoms with Gasteiger partial charge in [-0.1, -0.05) is 29.8 Å². The van der Waals surface area contributed by atoms with Gasteiger partial charge in [-0.2, -0.15) is 0 Å². The fourth-order valence-electron chi connectivity index (χ4n) is 2.71. The van der Waals surface area contributed by atoms with Gasteiger partial charge in [0.1, 0.15) is 0 Å². The van der Waals surface area contributed by atoms with Gasteiger partial charge in [-0.05, 0) is 66.6 Å². The van der Waals surface area contributed by atoms with Crippen LogP contribution in [0.3, 0.4) is 0 Å². The number of carboxylic acids is 1. The first-order valence-electron chi connectivity index (χ1n) is 8.46. The molecule has 3 aromatic carbocycles. The van der Waals surface area contributed by atoms with Crippen LogP contribution in [0.1, 0.15) is 15.9 Å². The maximum Gasteiger partial charge on any atom is 0.262 e. The van der Waals surface area contributed by atoms with Crippen LogP contribution in [0.2, 0.25) is 5.02 Å². The van der Waals surface area contributed by atoms with E-state index in [-0.39, 0.29) is 25.9 Å². The molecule has 7 nitrogen and oxygen atoms in total. The Labute approximate surface area is 178 Å². The third kappa shape index (κ3) is 4.48. The molecule has 0 heterocycles. The Morgan fingerprint density at radius 2 is 1.53 bits per heavy atom. The van der Waals surface area contributed by atoms with Gasteiger partial charge in [0.25, 0.3) is 10.0 Å². The summed E-state index contributed by atoms with van der Waals surface area (Å²) in [7, 11) is -8.19. The van der Waals surface area contributed by atoms with Gasteiger partial charge in [0, 0.05) is 10.7 Å². The molecule has 1 N–H and O–H groups in total. The fraction of sp³-hybridized carbons (Fsp3) is 0.0500. The van der Waals surface area contributed by atoms with Crippen molar-refractivity contribution in [1.29, 1.82) is 0 Å². The third-order valence-electron chi connectivity index (χ3n) is 4.23. The number of anilines is 1. The summed E-state index contributed by atoms with van der Waals surface area (Å²) in [6.07, 6.45) is 0. The fourth-order valence-corrected chi connectivity index (χ4v) is 5.52. The van der Waals surface area contributed by atoms with Crippen molar-refractivity contribution >= 4 is 43.1 Å². The maximum atomic E-state index is 12.9. The first-order chi connectivity index (χ1) is 14.0. The molecule has 10 heteroatoms. The predicted molar refractivity (Wildman–Crippen MR) is 110 cm³/mol. The number of aryl methyl sites for hydroxylation is 1. The highest BCUT2D eigenvalue weighted by Crippen LogP contribution is 2.27. The summed E-state index contributed by atoms with van der Waals surface area (Å²) in [6.45, 7) is 1.52. The molecule has 0 atom stereocenters. The highest BCUT2D eigenvalue weighted by Gasteiger charge is 2.23. The molecule has 156 valence electrons. The predicted octanol–water partition coefficient (Wildman–Crippen LogP) is 2.65. The smallest absolute Gasteiger partial charge is 0.262 e. The van der Waals surface area contributed by atoms with Crippen LogP contribution in [-0.2, 0) is 19.9 Å². The average Bonchev–Trinajstić information content (AvgIpc) is 2.68. The Balaban J connectivity index is 2.03. The molecular formula is C20H15ClNO6S2-. The summed E-state index contributed by atoms with van der Waals surface area (Å²) in [4.78, 5) is 10.5. The molecule has 0 saturated carbocycles. The first kappa shape index (κ1) is 21.8. The number of carbonyl (C=O) groups excluding carboxylic acids is 1. The van der Waals surface area contributed by atoms with Crippen LogP contribution in [0.4, 0.5) is 5.69 Å². The van der Waals surface area contributed by atoms with E-state index in [0.29, 0.717) is 10.6 Å². The number of halogens is 1. The van der Waals surface area contributed by atoms with Gasteiger partial charge in [0.15, 0.2) is 0 Å². The summed E-state index contributed by atoms with van der Waals surface area (Å²) in [5.74, 6) is -1.46. The lowest BCUT2D eigenvalue weighted by molar-refractivity contribution is -0.255. The second-order valence-electron chi connectivity index (χ2n) is 6.36. The normalized spacial score (nSPS) is 11.8. The number of carboxylic acid groups (broad SMARTS) is 1. The van der Waals surface area contributed by atoms with E-state index in [1.54, 1.807) is 0 Å². The second kappa shape index (κ2) is 8.10. The number of carbonyl (C=O) groups is 1. The zero-order valence-electron chi connectivity index (χ0n) is 15.5. The van der Waals surface area contributed by atoms with E-state index in [2.05, 4.69) is 4.72 Å². The highest BCUT2D eigenvalue weighted by molar-refractivity contribution is 7.93. The lowest BCUT2D eigenvalue weighted by Gasteiger charge is -2.13. The van der Waals surface area contributed by atoms with Crippen molar-refractivity contribution in [1.82, 2.24) is 0 Å². The molecule has 0 saturated heterocycles. The zero-order valence-corrected chi connectivity index (χ0v) is 17.9. The highest BCUT2D eigenvalue weighted by atomic mass is 35.5. The van der Waals surface area contributed by atoms with Crippen molar-refractivity contribution in [3.05, 3.63) is 82.9 Å². The van der Waals surface area contributed by atoms with E-state index in [4.69, 9.17) is 11.6 Å². The Kier molecular flexibility index (Phi) is 5.89. The SMILES string of the molecule is Cc1ccc(S(=O)(=O)c2ccc(Cl)cc2)cc1S(=O)(=O)Nc1cccc(C(=O)[O-])c1. The molecule has 0 fully saturated rings. The Hall–Kier alpha value is -2.88. The standard InChI is InChI=1S/C20H16ClNO6S2/c1-13-5-8-18(29(25,26)17-9-6-15(21)7-10-17)12-19(13)30(27,28)22-16-4-2-3-14(11-16)20(23)24/h2-12,22H,1H3,(H,23,24)/p-1. The Morgan fingerprint density at radius 3 is 2.17 bits per heavy atom. The van der Waals surface area contributed by atoms with Crippen molar-refractivity contribution < 1.29 is 26.7 Å². The van der Waals surface area contributed by atoms with Crippen molar-refractivity contribution in [3.8, 4) is 0 Å². The minimum atomic E-state index is -4.21. The average molecular weight is 465 g/mol. The van der Waals surface area contributed by atoms with Crippen LogP contribution < -0.4 is 9.83 Å². The maximum absolute atomic E-state index is 12.9. The van der Waals surface area contributed by atoms with E-state index in [9.17, 15) is 26.7 Å². The van der Waals surface area contributed by atoms with Crippen molar-refractivity contribution in [2.45, 2.75) is 21.6 Å². The number of sulfonamides is 1. The summed E-state index contributed by atoms with van der Waals surface area (Å²) < 4.78 is 53.8. The molecule has 3 rings (SSSR count). The first-order valence-corrected chi connectivity index (χ1v) is 11.8. The largest absolute Gasteiger partial charge is 0.545 e. The van der Waals surface area contributed by atoms with Crippen molar-refractivity contribution in [2.75, 3.05) is 4.72 Å². The Bertz CT molecular complexity index is 1330. The van der Waals surface area contributed by atoms with E-state index in [0.717, 1.165) is 12.1 Å². The molecule has 0 amide bonds. The molecular weight excluding hydrogens is 450 g/mol. The van der Waals surface area contributed by atoms with Crippen molar-refractivity contribution in [2.24, 2.45) is 0 Å². The van der Waals surface area contributed by atoms with Crippen LogP contribution >= 0.6 is 11.6 Å². The van der Waals surface area contributed by atoms with E-state index < -0.39 is 25.8 Å². The number of hydrogen-bond acceptors (Lipinski definition) is 6. The molecule has 0 aliphatic carbocycles. The second-order valence-corrected chi connectivity index (χ2v) is 10.4. The number of sulfone groups is 1. The number of aromatic carboxylic acids is 1. The van der Waals surface area contributed by atoms with Crippen LogP contribution in [0, 0.1) is 6.92 Å². The van der Waals surface area contributed by atoms with E-state index in [1.807, 2.05) is 0 Å². The topological polar surface area (TPSA) is 120 Å². The van der Waals surface area contributed by atoms with Crippen LogP contribution in [-0.4, -0.2) is 22.8 Å². The molecule has 0 aliphatic heterocycles. The molecule has 0 radical (unpaired) electrons. The summed E-state index contributed by atoms with van der Waals surface area (Å²) in [5.41, 5.74) is 0.113. The molecule has 0 aliphatic rings. The molecule has 30 heavy (non-hydrogen) atoms. The summed E-state index contributed by atoms with van der Waals surface area (Å²) in [6, 6.07) is 14.4. The van der Waals surface area contributed by atoms with Crippen molar-refractivity contribution in [3.63, 3.8) is 0 Å². The molecule has 0 aromatic heterocycles. The van der Waals surface area contributed by atoms with Gasteiger partial charge in [0.2, 0.25) is 9.84 Å². The zero-order chi connectivity index (χ0) is 22.1. The van der Waals surface area contributed by atoms with Crippen LogP contribution in [0.5, 0.6) is 0 Å².